The van der Waals surface area contributed by atoms with Crippen LogP contribution in [-0.4, -0.2) is 16.9 Å². The molecule has 10 heteroatoms. The third kappa shape index (κ3) is 5.31. The van der Waals surface area contributed by atoms with Gasteiger partial charge in [-0.1, -0.05) is 35.3 Å². The van der Waals surface area contributed by atoms with Gasteiger partial charge in [-0.25, -0.2) is 0 Å². The zero-order valence-corrected chi connectivity index (χ0v) is 20.0. The van der Waals surface area contributed by atoms with Crippen LogP contribution in [0, 0.1) is 6.92 Å². The Morgan fingerprint density at radius 2 is 1.74 bits per heavy atom. The minimum Gasteiger partial charge on any atom is -0.459 e. The standard InChI is InChI=1S/C24H17Cl2N3O4S/c1-13-7-8-14(27-22(30)19-6-3-11-32-19)12-17(13)28-24(34)29-23(31)20-10-9-18(33-20)15-4-2-5-16(25)21(15)26/h2-12H,1H3,(H,27,30)(H2,28,29,31,34). The van der Waals surface area contributed by atoms with E-state index in [0.29, 0.717) is 32.7 Å². The summed E-state index contributed by atoms with van der Waals surface area (Å²) in [4.78, 5) is 24.8. The van der Waals surface area contributed by atoms with Crippen molar-refractivity contribution in [3.8, 4) is 11.3 Å². The molecule has 0 unspecified atom stereocenters. The monoisotopic (exact) mass is 513 g/mol. The second-order valence-corrected chi connectivity index (χ2v) is 8.33. The van der Waals surface area contributed by atoms with Crippen molar-refractivity contribution in [2.75, 3.05) is 10.6 Å². The largest absolute Gasteiger partial charge is 0.459 e. The van der Waals surface area contributed by atoms with Gasteiger partial charge in [0, 0.05) is 16.9 Å². The first kappa shape index (κ1) is 23.6. The van der Waals surface area contributed by atoms with Gasteiger partial charge in [0.1, 0.15) is 5.76 Å². The first-order valence-corrected chi connectivity index (χ1v) is 11.1. The van der Waals surface area contributed by atoms with Crippen molar-refractivity contribution < 1.29 is 18.4 Å². The van der Waals surface area contributed by atoms with E-state index in [1.165, 1.54) is 12.3 Å². The van der Waals surface area contributed by atoms with Crippen LogP contribution in [-0.2, 0) is 0 Å². The van der Waals surface area contributed by atoms with Crippen LogP contribution in [0.5, 0.6) is 0 Å². The summed E-state index contributed by atoms with van der Waals surface area (Å²) >= 11 is 17.6. The molecule has 0 radical (unpaired) electrons. The first-order valence-electron chi connectivity index (χ1n) is 9.94. The molecule has 0 atom stereocenters. The lowest BCUT2D eigenvalue weighted by Crippen LogP contribution is -2.34. The van der Waals surface area contributed by atoms with E-state index in [-0.39, 0.29) is 22.5 Å². The van der Waals surface area contributed by atoms with Gasteiger partial charge in [0.05, 0.1) is 16.3 Å². The summed E-state index contributed by atoms with van der Waals surface area (Å²) in [5.41, 5.74) is 2.55. The summed E-state index contributed by atoms with van der Waals surface area (Å²) in [7, 11) is 0. The molecule has 4 rings (SSSR count). The maximum absolute atomic E-state index is 12.6. The van der Waals surface area contributed by atoms with Gasteiger partial charge in [-0.3, -0.25) is 14.9 Å². The molecule has 0 saturated carbocycles. The van der Waals surface area contributed by atoms with E-state index in [1.807, 2.05) is 6.92 Å². The van der Waals surface area contributed by atoms with Crippen molar-refractivity contribution in [2.45, 2.75) is 6.92 Å². The van der Waals surface area contributed by atoms with Gasteiger partial charge in [-0.15, -0.1) is 0 Å². The fourth-order valence-corrected chi connectivity index (χ4v) is 3.65. The molecule has 0 bridgehead atoms. The third-order valence-corrected chi connectivity index (χ3v) is 5.79. The van der Waals surface area contributed by atoms with Crippen LogP contribution in [0.4, 0.5) is 11.4 Å². The maximum Gasteiger partial charge on any atom is 0.293 e. The van der Waals surface area contributed by atoms with Gasteiger partial charge in [-0.05, 0) is 73.2 Å². The predicted octanol–water partition coefficient (Wildman–Crippen LogP) is 6.53. The Hall–Kier alpha value is -3.59. The second-order valence-electron chi connectivity index (χ2n) is 7.13. The molecule has 3 N–H and O–H groups in total. The molecule has 0 aliphatic rings. The maximum atomic E-state index is 12.6. The number of benzene rings is 2. The molecule has 0 spiro atoms. The van der Waals surface area contributed by atoms with E-state index in [1.54, 1.807) is 54.6 Å². The zero-order chi connectivity index (χ0) is 24.2. The number of halogens is 2. The molecule has 4 aromatic rings. The lowest BCUT2D eigenvalue weighted by Gasteiger charge is -2.13. The van der Waals surface area contributed by atoms with Crippen LogP contribution >= 0.6 is 35.4 Å². The predicted molar refractivity (Wildman–Crippen MR) is 136 cm³/mol. The summed E-state index contributed by atoms with van der Waals surface area (Å²) < 4.78 is 10.7. The molecular weight excluding hydrogens is 497 g/mol. The summed E-state index contributed by atoms with van der Waals surface area (Å²) in [6, 6.07) is 16.7. The minimum atomic E-state index is -0.540. The van der Waals surface area contributed by atoms with E-state index in [4.69, 9.17) is 44.3 Å². The molecule has 172 valence electrons. The number of rotatable bonds is 5. The molecule has 0 aliphatic carbocycles. The summed E-state index contributed by atoms with van der Waals surface area (Å²) in [5.74, 6) is -0.292. The number of hydrogen-bond donors (Lipinski definition) is 3. The molecule has 7 nitrogen and oxygen atoms in total. The highest BCUT2D eigenvalue weighted by atomic mass is 35.5. The van der Waals surface area contributed by atoms with Crippen molar-refractivity contribution in [1.82, 2.24) is 5.32 Å². The number of anilines is 2. The van der Waals surface area contributed by atoms with Crippen LogP contribution in [0.15, 0.2) is 75.8 Å². The third-order valence-electron chi connectivity index (χ3n) is 4.76. The number of thiocarbonyl (C=S) groups is 1. The van der Waals surface area contributed by atoms with Crippen molar-refractivity contribution in [3.63, 3.8) is 0 Å². The molecule has 2 heterocycles. The molecule has 0 aliphatic heterocycles. The van der Waals surface area contributed by atoms with E-state index < -0.39 is 5.91 Å². The highest BCUT2D eigenvalue weighted by Gasteiger charge is 2.17. The second kappa shape index (κ2) is 10.1. The molecule has 0 fully saturated rings. The average Bonchev–Trinajstić information content (AvgIpc) is 3.50. The average molecular weight is 514 g/mol. The number of amides is 2. The Morgan fingerprint density at radius 1 is 0.912 bits per heavy atom. The Labute approximate surface area is 210 Å². The molecular formula is C24H17Cl2N3O4S. The van der Waals surface area contributed by atoms with Crippen molar-refractivity contribution >= 4 is 63.7 Å². The Bertz CT molecular complexity index is 1380. The van der Waals surface area contributed by atoms with E-state index in [9.17, 15) is 9.59 Å². The molecule has 2 aromatic carbocycles. The van der Waals surface area contributed by atoms with E-state index >= 15 is 0 Å². The summed E-state index contributed by atoms with van der Waals surface area (Å²) in [6.45, 7) is 1.86. The fourth-order valence-electron chi connectivity index (χ4n) is 3.05. The summed E-state index contributed by atoms with van der Waals surface area (Å²) in [5, 5.41) is 9.04. The highest BCUT2D eigenvalue weighted by Crippen LogP contribution is 2.34. The Morgan fingerprint density at radius 3 is 2.50 bits per heavy atom. The number of aryl methyl sites for hydroxylation is 1. The molecule has 2 aromatic heterocycles. The summed E-state index contributed by atoms with van der Waals surface area (Å²) in [6.07, 6.45) is 1.42. The topological polar surface area (TPSA) is 96.5 Å². The quantitative estimate of drug-likeness (QED) is 0.262. The molecule has 34 heavy (non-hydrogen) atoms. The van der Waals surface area contributed by atoms with Crippen LogP contribution in [0.1, 0.15) is 26.7 Å². The number of carbonyl (C=O) groups is 2. The van der Waals surface area contributed by atoms with Crippen LogP contribution < -0.4 is 16.0 Å². The van der Waals surface area contributed by atoms with Crippen molar-refractivity contribution in [1.29, 1.82) is 0 Å². The van der Waals surface area contributed by atoms with E-state index in [2.05, 4.69) is 16.0 Å². The fraction of sp³-hybridized carbons (Fsp3) is 0.0417. The molecule has 2 amide bonds. The van der Waals surface area contributed by atoms with Crippen LogP contribution in [0.2, 0.25) is 10.0 Å². The Balaban J connectivity index is 1.42. The van der Waals surface area contributed by atoms with Crippen LogP contribution in [0.3, 0.4) is 0 Å². The van der Waals surface area contributed by atoms with E-state index in [0.717, 1.165) is 5.56 Å². The smallest absolute Gasteiger partial charge is 0.293 e. The highest BCUT2D eigenvalue weighted by molar-refractivity contribution is 7.80. The van der Waals surface area contributed by atoms with Gasteiger partial charge < -0.3 is 19.5 Å². The zero-order valence-electron chi connectivity index (χ0n) is 17.6. The van der Waals surface area contributed by atoms with Gasteiger partial charge in [0.2, 0.25) is 0 Å². The molecule has 0 saturated heterocycles. The number of nitrogens with one attached hydrogen (secondary N) is 3. The van der Waals surface area contributed by atoms with Gasteiger partial charge >= 0.3 is 0 Å². The van der Waals surface area contributed by atoms with Crippen LogP contribution in [0.25, 0.3) is 11.3 Å². The van der Waals surface area contributed by atoms with Gasteiger partial charge in [0.25, 0.3) is 11.8 Å². The Kier molecular flexibility index (Phi) is 7.02. The number of furan rings is 2. The normalized spacial score (nSPS) is 10.6. The van der Waals surface area contributed by atoms with Gasteiger partial charge in [0.15, 0.2) is 16.6 Å². The number of hydrogen-bond acceptors (Lipinski definition) is 5. The minimum absolute atomic E-state index is 0.0476. The van der Waals surface area contributed by atoms with Crippen molar-refractivity contribution in [2.24, 2.45) is 0 Å². The lowest BCUT2D eigenvalue weighted by molar-refractivity contribution is 0.0950. The van der Waals surface area contributed by atoms with Crippen molar-refractivity contribution in [3.05, 3.63) is 94.1 Å². The first-order chi connectivity index (χ1) is 16.3. The number of carbonyl (C=O) groups excluding carboxylic acids is 2. The van der Waals surface area contributed by atoms with Gasteiger partial charge in [-0.2, -0.15) is 0 Å². The lowest BCUT2D eigenvalue weighted by atomic mass is 10.2. The SMILES string of the molecule is Cc1ccc(NC(=O)c2ccco2)cc1NC(=S)NC(=O)c1ccc(-c2cccc(Cl)c2Cl)o1.